The molecule has 0 saturated carbocycles. The predicted octanol–water partition coefficient (Wildman–Crippen LogP) is 4.45. The molecule has 0 aromatic heterocycles. The molecule has 0 fully saturated rings. The van der Waals surface area contributed by atoms with E-state index in [1.54, 1.807) is 6.07 Å². The SMILES string of the molecule is CC.CCOC(=O)C(F)(F)C=O.CNc1cc(Cl)cc(Cl)c1. The van der Waals surface area contributed by atoms with Crippen LogP contribution in [0.3, 0.4) is 0 Å². The van der Waals surface area contributed by atoms with Gasteiger partial charge in [0.25, 0.3) is 0 Å². The van der Waals surface area contributed by atoms with Crippen molar-refractivity contribution in [3.8, 4) is 0 Å². The Morgan fingerprint density at radius 2 is 1.73 bits per heavy atom. The van der Waals surface area contributed by atoms with Gasteiger partial charge in [0.2, 0.25) is 6.29 Å². The third-order valence-electron chi connectivity index (χ3n) is 1.85. The van der Waals surface area contributed by atoms with Crippen LogP contribution in [0.15, 0.2) is 18.2 Å². The number of ether oxygens (including phenoxy) is 1. The van der Waals surface area contributed by atoms with Crippen molar-refractivity contribution in [2.45, 2.75) is 26.7 Å². The fraction of sp³-hybridized carbons (Fsp3) is 0.429. The minimum absolute atomic E-state index is 0.164. The standard InChI is InChI=1S/C7H7Cl2N.C5H6F2O3.C2H6/c1-10-7-3-5(8)2-6(9)4-7;1-2-10-4(9)5(6,7)3-8;1-2/h2-4,10H,1H3;3H,2H2,1H3;1-2H3. The van der Waals surface area contributed by atoms with Gasteiger partial charge >= 0.3 is 11.9 Å². The highest BCUT2D eigenvalue weighted by Gasteiger charge is 2.40. The molecule has 1 aromatic rings. The van der Waals surface area contributed by atoms with Crippen LogP contribution in [0.4, 0.5) is 14.5 Å². The van der Waals surface area contributed by atoms with Crippen LogP contribution in [-0.2, 0) is 14.3 Å². The lowest BCUT2D eigenvalue weighted by Gasteiger charge is -2.05. The molecule has 0 aliphatic carbocycles. The lowest BCUT2D eigenvalue weighted by molar-refractivity contribution is -0.171. The molecule has 0 heterocycles. The molecule has 1 N–H and O–H groups in total. The number of esters is 1. The number of halogens is 4. The largest absolute Gasteiger partial charge is 0.461 e. The van der Waals surface area contributed by atoms with Gasteiger partial charge < -0.3 is 10.1 Å². The Kier molecular flexibility index (Phi) is 12.7. The van der Waals surface area contributed by atoms with Crippen LogP contribution in [-0.4, -0.2) is 31.8 Å². The summed E-state index contributed by atoms with van der Waals surface area (Å²) in [4.78, 5) is 19.6. The number of hydrogen-bond acceptors (Lipinski definition) is 4. The van der Waals surface area contributed by atoms with Crippen molar-refractivity contribution in [3.63, 3.8) is 0 Å². The van der Waals surface area contributed by atoms with Crippen molar-refractivity contribution < 1.29 is 23.1 Å². The van der Waals surface area contributed by atoms with E-state index in [-0.39, 0.29) is 6.61 Å². The fourth-order valence-corrected chi connectivity index (χ4v) is 1.50. The molecule has 0 bridgehead atoms. The number of anilines is 1. The minimum Gasteiger partial charge on any atom is -0.461 e. The van der Waals surface area contributed by atoms with Crippen LogP contribution in [0.2, 0.25) is 10.0 Å². The second-order valence-corrected chi connectivity index (χ2v) is 4.24. The first-order chi connectivity index (χ1) is 10.3. The Morgan fingerprint density at radius 1 is 1.27 bits per heavy atom. The lowest BCUT2D eigenvalue weighted by atomic mass is 10.3. The first kappa shape index (κ1) is 22.9. The maximum absolute atomic E-state index is 11.9. The van der Waals surface area contributed by atoms with Crippen LogP contribution in [0, 0.1) is 0 Å². The van der Waals surface area contributed by atoms with E-state index in [4.69, 9.17) is 23.2 Å². The van der Waals surface area contributed by atoms with Gasteiger partial charge in [-0.3, -0.25) is 4.79 Å². The third kappa shape index (κ3) is 9.52. The second kappa shape index (κ2) is 12.2. The minimum atomic E-state index is -3.99. The highest BCUT2D eigenvalue weighted by atomic mass is 35.5. The van der Waals surface area contributed by atoms with E-state index in [9.17, 15) is 18.4 Å². The number of hydrogen-bond donors (Lipinski definition) is 1. The fourth-order valence-electron chi connectivity index (χ4n) is 0.974. The van der Waals surface area contributed by atoms with Crippen molar-refractivity contribution in [3.05, 3.63) is 28.2 Å². The van der Waals surface area contributed by atoms with E-state index in [1.165, 1.54) is 6.92 Å². The molecule has 0 spiro atoms. The molecule has 0 unspecified atom stereocenters. The summed E-state index contributed by atoms with van der Waals surface area (Å²) >= 11 is 11.4. The average Bonchev–Trinajstić information content (AvgIpc) is 2.49. The lowest BCUT2D eigenvalue weighted by Crippen LogP contribution is -2.32. The first-order valence-corrected chi connectivity index (χ1v) is 7.17. The Labute approximate surface area is 138 Å². The maximum atomic E-state index is 11.9. The van der Waals surface area contributed by atoms with Gasteiger partial charge in [-0.2, -0.15) is 8.78 Å². The van der Waals surface area contributed by atoms with Gasteiger partial charge in [-0.05, 0) is 25.1 Å². The van der Waals surface area contributed by atoms with Crippen molar-refractivity contribution in [1.82, 2.24) is 0 Å². The van der Waals surface area contributed by atoms with E-state index in [0.717, 1.165) is 5.69 Å². The van der Waals surface area contributed by atoms with Crippen LogP contribution < -0.4 is 5.32 Å². The molecule has 0 aliphatic heterocycles. The normalized spacial score (nSPS) is 9.45. The average molecular weight is 358 g/mol. The number of nitrogens with one attached hydrogen (secondary N) is 1. The van der Waals surface area contributed by atoms with E-state index < -0.39 is 18.2 Å². The summed E-state index contributed by atoms with van der Waals surface area (Å²) in [5.74, 6) is -5.79. The smallest absolute Gasteiger partial charge is 0.396 e. The Morgan fingerprint density at radius 3 is 2.05 bits per heavy atom. The molecule has 0 amide bonds. The monoisotopic (exact) mass is 357 g/mol. The number of aldehydes is 1. The molecule has 0 radical (unpaired) electrons. The molecule has 1 aromatic carbocycles. The summed E-state index contributed by atoms with van der Waals surface area (Å²) in [6, 6.07) is 5.32. The van der Waals surface area contributed by atoms with Gasteiger partial charge in [0.1, 0.15) is 0 Å². The maximum Gasteiger partial charge on any atom is 0.396 e. The Balaban J connectivity index is 0. The molecule has 22 heavy (non-hydrogen) atoms. The van der Waals surface area contributed by atoms with Crippen LogP contribution in [0.25, 0.3) is 0 Å². The molecule has 126 valence electrons. The van der Waals surface area contributed by atoms with Gasteiger partial charge in [-0.1, -0.05) is 37.0 Å². The zero-order valence-electron chi connectivity index (χ0n) is 12.8. The van der Waals surface area contributed by atoms with E-state index in [1.807, 2.05) is 33.0 Å². The molecule has 0 atom stereocenters. The van der Waals surface area contributed by atoms with E-state index in [2.05, 4.69) is 10.1 Å². The number of carbonyl (C=O) groups is 2. The third-order valence-corrected chi connectivity index (χ3v) is 2.28. The molecule has 0 saturated heterocycles. The van der Waals surface area contributed by atoms with Gasteiger partial charge in [-0.15, -0.1) is 0 Å². The van der Waals surface area contributed by atoms with Crippen LogP contribution in [0.5, 0.6) is 0 Å². The quantitative estimate of drug-likeness (QED) is 0.491. The van der Waals surface area contributed by atoms with Crippen molar-refractivity contribution >= 4 is 41.1 Å². The number of carbonyl (C=O) groups excluding carboxylic acids is 2. The molecule has 4 nitrogen and oxygen atoms in total. The molecule has 1 rings (SSSR count). The summed E-state index contributed by atoms with van der Waals surface area (Å²) < 4.78 is 27.7. The van der Waals surface area contributed by atoms with Crippen molar-refractivity contribution in [1.29, 1.82) is 0 Å². The topological polar surface area (TPSA) is 55.4 Å². The summed E-state index contributed by atoms with van der Waals surface area (Å²) in [7, 11) is 1.82. The van der Waals surface area contributed by atoms with E-state index >= 15 is 0 Å². The molecule has 8 heteroatoms. The second-order valence-electron chi connectivity index (χ2n) is 3.37. The Bertz CT molecular complexity index is 451. The van der Waals surface area contributed by atoms with Crippen molar-refractivity contribution in [2.75, 3.05) is 19.0 Å². The Hall–Kier alpha value is -1.40. The van der Waals surface area contributed by atoms with Gasteiger partial charge in [-0.25, -0.2) is 4.79 Å². The van der Waals surface area contributed by atoms with Gasteiger partial charge in [0, 0.05) is 22.8 Å². The molecular formula is C14H19Cl2F2NO3. The zero-order valence-corrected chi connectivity index (χ0v) is 14.3. The number of alkyl halides is 2. The zero-order chi connectivity index (χ0) is 17.8. The van der Waals surface area contributed by atoms with Gasteiger partial charge in [0.05, 0.1) is 6.61 Å². The number of rotatable bonds is 4. The highest BCUT2D eigenvalue weighted by molar-refractivity contribution is 6.35. The number of benzene rings is 1. The molecular weight excluding hydrogens is 339 g/mol. The summed E-state index contributed by atoms with van der Waals surface area (Å²) in [6.07, 6.45) is -0.745. The summed E-state index contributed by atoms with van der Waals surface area (Å²) in [6.45, 7) is 5.21. The van der Waals surface area contributed by atoms with Crippen LogP contribution >= 0.6 is 23.2 Å². The predicted molar refractivity (Wildman–Crippen MR) is 85.0 cm³/mol. The highest BCUT2D eigenvalue weighted by Crippen LogP contribution is 2.21. The van der Waals surface area contributed by atoms with Crippen molar-refractivity contribution in [2.24, 2.45) is 0 Å². The van der Waals surface area contributed by atoms with Gasteiger partial charge in [0.15, 0.2) is 0 Å². The first-order valence-electron chi connectivity index (χ1n) is 6.42. The summed E-state index contributed by atoms with van der Waals surface area (Å²) in [5.41, 5.74) is 0.928. The van der Waals surface area contributed by atoms with Crippen LogP contribution in [0.1, 0.15) is 20.8 Å². The summed E-state index contributed by atoms with van der Waals surface area (Å²) in [5, 5.41) is 4.24. The van der Waals surface area contributed by atoms with E-state index in [0.29, 0.717) is 10.0 Å². The molecule has 0 aliphatic rings.